The molecule has 4 fully saturated rings. The normalized spacial score (nSPS) is 21.4. The van der Waals surface area contributed by atoms with Crippen LogP contribution in [0.5, 0.6) is 11.5 Å². The number of aldehydes is 1. The number of carbonyl (C=O) groups excluding carboxylic acids is 1. The van der Waals surface area contributed by atoms with Gasteiger partial charge in [-0.2, -0.15) is 0 Å². The van der Waals surface area contributed by atoms with Gasteiger partial charge in [0.25, 0.3) is 0 Å². The van der Waals surface area contributed by atoms with Crippen molar-refractivity contribution in [3.8, 4) is 11.5 Å². The van der Waals surface area contributed by atoms with Gasteiger partial charge in [-0.05, 0) is 162 Å². The van der Waals surface area contributed by atoms with Crippen LogP contribution in [0.4, 0.5) is 11.4 Å². The molecule has 7 heteroatoms. The molecule has 0 bridgehead atoms. The third-order valence-corrected chi connectivity index (χ3v) is 15.4. The number of rotatable bonds is 9. The number of ether oxygens (including phenoxy) is 2. The van der Waals surface area contributed by atoms with Gasteiger partial charge in [0.15, 0.2) is 0 Å². The maximum absolute atomic E-state index is 10.9. The maximum atomic E-state index is 10.9. The van der Waals surface area contributed by atoms with E-state index in [1.54, 1.807) is 0 Å². The standard InChI is InChI=1S/C31H40N2O.C21H26O2.C10H14N2/c1-31(2,3)27-12-15-29(16-13-27)34-30-14-11-25-21-24(9-10-26(25)22-30)23-32-17-19-33(20-18-32)28-7-5-4-6-8-28;1-21(2,3)18-7-10-19(11-8-18)23-20-9-6-16-12-15(14-22)4-5-17(16)13-20;1-2-4-10(5-3-1)12-8-6-11-7-9-12/h4-11,14,21-22,27,29H,12-13,15-20,23H2,1-3H3;4-6,9,12-14,18-19H,7-8,10-11H2,1-3H3;1-5,11H,6-9H2. The summed E-state index contributed by atoms with van der Waals surface area (Å²) in [4.78, 5) is 18.3. The smallest absolute Gasteiger partial charge is 0.150 e. The van der Waals surface area contributed by atoms with E-state index in [-0.39, 0.29) is 0 Å². The zero-order valence-corrected chi connectivity index (χ0v) is 42.7. The second-order valence-corrected chi connectivity index (χ2v) is 22.3. The molecule has 0 atom stereocenters. The van der Waals surface area contributed by atoms with Crippen LogP contribution >= 0.6 is 0 Å². The van der Waals surface area contributed by atoms with Crippen LogP contribution in [0.15, 0.2) is 133 Å². The number of para-hydroxylation sites is 2. The van der Waals surface area contributed by atoms with Crippen LogP contribution in [0.3, 0.4) is 0 Å². The van der Waals surface area contributed by atoms with Gasteiger partial charge in [-0.1, -0.05) is 114 Å². The van der Waals surface area contributed by atoms with Gasteiger partial charge in [0, 0.05) is 75.8 Å². The molecule has 2 heterocycles. The summed E-state index contributed by atoms with van der Waals surface area (Å²) in [5.41, 5.74) is 5.62. The molecule has 6 aromatic rings. The van der Waals surface area contributed by atoms with E-state index in [1.807, 2.05) is 30.3 Å². The Labute approximate surface area is 414 Å². The highest BCUT2D eigenvalue weighted by Crippen LogP contribution is 2.40. The van der Waals surface area contributed by atoms with Crippen LogP contribution in [0.2, 0.25) is 0 Å². The summed E-state index contributed by atoms with van der Waals surface area (Å²) in [6, 6.07) is 46.8. The highest BCUT2D eigenvalue weighted by atomic mass is 16.5. The second kappa shape index (κ2) is 23.5. The van der Waals surface area contributed by atoms with Crippen LogP contribution in [0.25, 0.3) is 21.5 Å². The third kappa shape index (κ3) is 14.4. The van der Waals surface area contributed by atoms with Crippen LogP contribution < -0.4 is 24.6 Å². The lowest BCUT2D eigenvalue weighted by atomic mass is 9.72. The predicted molar refractivity (Wildman–Crippen MR) is 290 cm³/mol. The van der Waals surface area contributed by atoms with E-state index in [4.69, 9.17) is 9.47 Å². The third-order valence-electron chi connectivity index (χ3n) is 15.4. The quantitative estimate of drug-likeness (QED) is 0.145. The topological polar surface area (TPSA) is 57.3 Å². The van der Waals surface area contributed by atoms with E-state index in [0.29, 0.717) is 28.6 Å². The highest BCUT2D eigenvalue weighted by Gasteiger charge is 2.32. The Kier molecular flexibility index (Phi) is 17.0. The van der Waals surface area contributed by atoms with Gasteiger partial charge >= 0.3 is 0 Å². The Morgan fingerprint density at radius 3 is 1.41 bits per heavy atom. The number of nitrogens with zero attached hydrogens (tertiary/aromatic N) is 3. The Bertz CT molecular complexity index is 2500. The van der Waals surface area contributed by atoms with Crippen molar-refractivity contribution in [3.63, 3.8) is 0 Å². The van der Waals surface area contributed by atoms with Crippen LogP contribution in [-0.4, -0.2) is 75.8 Å². The summed E-state index contributed by atoms with van der Waals surface area (Å²) in [5.74, 6) is 3.59. The number of anilines is 2. The van der Waals surface area contributed by atoms with Crippen molar-refractivity contribution in [2.24, 2.45) is 22.7 Å². The lowest BCUT2D eigenvalue weighted by molar-refractivity contribution is 0.0881. The van der Waals surface area contributed by atoms with Crippen LogP contribution in [0, 0.1) is 22.7 Å². The number of nitrogens with one attached hydrogen (secondary N) is 1. The Morgan fingerprint density at radius 1 is 0.493 bits per heavy atom. The minimum absolute atomic E-state index is 0.334. The molecule has 7 nitrogen and oxygen atoms in total. The minimum Gasteiger partial charge on any atom is -0.490 e. The summed E-state index contributed by atoms with van der Waals surface area (Å²) >= 11 is 0. The summed E-state index contributed by atoms with van der Waals surface area (Å²) in [5, 5.41) is 8.13. The first-order chi connectivity index (χ1) is 33.4. The first-order valence-electron chi connectivity index (χ1n) is 26.2. The van der Waals surface area contributed by atoms with Crippen LogP contribution in [0.1, 0.15) is 109 Å². The molecule has 2 saturated carbocycles. The van der Waals surface area contributed by atoms with Gasteiger partial charge in [-0.15, -0.1) is 0 Å². The molecule has 0 amide bonds. The Balaban J connectivity index is 0.000000157. The number of fused-ring (bicyclic) bond motifs is 2. The van der Waals surface area contributed by atoms with Crippen LogP contribution in [-0.2, 0) is 6.54 Å². The van der Waals surface area contributed by atoms with Gasteiger partial charge in [0.2, 0.25) is 0 Å². The predicted octanol–water partition coefficient (Wildman–Crippen LogP) is 13.9. The number of hydrogen-bond donors (Lipinski definition) is 1. The fourth-order valence-corrected chi connectivity index (χ4v) is 10.9. The molecule has 0 unspecified atom stereocenters. The molecular weight excluding hydrogens is 849 g/mol. The summed E-state index contributed by atoms with van der Waals surface area (Å²) in [6.45, 7) is 24.1. The molecule has 4 aliphatic rings. The zero-order chi connectivity index (χ0) is 48.2. The highest BCUT2D eigenvalue weighted by molar-refractivity contribution is 5.89. The Hall–Kier alpha value is -5.37. The molecule has 0 radical (unpaired) electrons. The minimum atomic E-state index is 0.334. The van der Waals surface area contributed by atoms with Crippen molar-refractivity contribution in [2.75, 3.05) is 62.2 Å². The van der Waals surface area contributed by atoms with Gasteiger partial charge in [0.1, 0.15) is 17.8 Å². The van der Waals surface area contributed by atoms with Crippen molar-refractivity contribution < 1.29 is 14.3 Å². The van der Waals surface area contributed by atoms with Gasteiger partial charge in [-0.25, -0.2) is 0 Å². The van der Waals surface area contributed by atoms with E-state index < -0.39 is 0 Å². The number of hydrogen-bond acceptors (Lipinski definition) is 7. The van der Waals surface area contributed by atoms with E-state index in [1.165, 1.54) is 66.2 Å². The SMILES string of the molecule is CC(C)(C)C1CCC(Oc2ccc3cc(C=O)ccc3c2)CC1.CC(C)(C)C1CCC(Oc2ccc3cc(CN4CCN(c5ccccc5)CC4)ccc3c2)CC1.c1ccc(N2CCNCC2)cc1. The average molecular weight is 929 g/mol. The van der Waals surface area contributed by atoms with Crippen molar-refractivity contribution >= 4 is 39.2 Å². The molecule has 6 aromatic carbocycles. The molecule has 0 aromatic heterocycles. The molecule has 2 saturated heterocycles. The van der Waals surface area contributed by atoms with E-state index in [0.717, 1.165) is 112 Å². The largest absolute Gasteiger partial charge is 0.490 e. The zero-order valence-electron chi connectivity index (χ0n) is 42.7. The van der Waals surface area contributed by atoms with Crippen molar-refractivity contribution in [2.45, 2.75) is 112 Å². The lowest BCUT2D eigenvalue weighted by Gasteiger charge is -2.37. The van der Waals surface area contributed by atoms with Gasteiger partial charge < -0.3 is 24.6 Å². The monoisotopic (exact) mass is 929 g/mol. The van der Waals surface area contributed by atoms with E-state index >= 15 is 0 Å². The molecule has 69 heavy (non-hydrogen) atoms. The molecule has 1 N–H and O–H groups in total. The molecular formula is C62H80N4O3. The fourth-order valence-electron chi connectivity index (χ4n) is 10.9. The molecule has 0 spiro atoms. The van der Waals surface area contributed by atoms with Crippen molar-refractivity contribution in [3.05, 3.63) is 145 Å². The van der Waals surface area contributed by atoms with E-state index in [9.17, 15) is 4.79 Å². The maximum Gasteiger partial charge on any atom is 0.150 e. The second-order valence-electron chi connectivity index (χ2n) is 22.3. The molecule has 366 valence electrons. The lowest BCUT2D eigenvalue weighted by Crippen LogP contribution is -2.45. The molecule has 2 aliphatic carbocycles. The van der Waals surface area contributed by atoms with Crippen molar-refractivity contribution in [1.82, 2.24) is 10.2 Å². The average Bonchev–Trinajstić information content (AvgIpc) is 3.37. The molecule has 10 rings (SSSR count). The number of carbonyl (C=O) groups is 1. The summed E-state index contributed by atoms with van der Waals surface area (Å²) in [6.07, 6.45) is 11.3. The fraction of sp³-hybridized carbons (Fsp3) is 0.468. The summed E-state index contributed by atoms with van der Waals surface area (Å²) < 4.78 is 12.6. The first kappa shape index (κ1) is 50.0. The van der Waals surface area contributed by atoms with Gasteiger partial charge in [0.05, 0.1) is 12.2 Å². The number of benzene rings is 6. The summed E-state index contributed by atoms with van der Waals surface area (Å²) in [7, 11) is 0. The molecule has 2 aliphatic heterocycles. The van der Waals surface area contributed by atoms with E-state index in [2.05, 4.69) is 165 Å². The first-order valence-corrected chi connectivity index (χ1v) is 26.2. The number of piperazine rings is 2. The Morgan fingerprint density at radius 2 is 0.928 bits per heavy atom. The van der Waals surface area contributed by atoms with Crippen molar-refractivity contribution in [1.29, 1.82) is 0 Å². The van der Waals surface area contributed by atoms with Gasteiger partial charge in [-0.3, -0.25) is 9.69 Å².